The summed E-state index contributed by atoms with van der Waals surface area (Å²) in [5.74, 6) is 0. The number of anilines is 1. The number of benzene rings is 2. The minimum absolute atomic E-state index is 0.0110. The van der Waals surface area contributed by atoms with Crippen LogP contribution in [-0.4, -0.2) is 59.7 Å². The van der Waals surface area contributed by atoms with Crippen LogP contribution in [0, 0.1) is 0 Å². The summed E-state index contributed by atoms with van der Waals surface area (Å²) in [6.45, 7) is 5.63. The smallest absolute Gasteiger partial charge is 0.171 e. The van der Waals surface area contributed by atoms with E-state index < -0.39 is 0 Å². The Bertz CT molecular complexity index is 1100. The van der Waals surface area contributed by atoms with E-state index in [1.165, 1.54) is 11.1 Å². The van der Waals surface area contributed by atoms with Gasteiger partial charge in [-0.2, -0.15) is 0 Å². The Balaban J connectivity index is 1.17. The Labute approximate surface area is 187 Å². The first-order valence-electron chi connectivity index (χ1n) is 10.7. The average molecular weight is 430 g/mol. The van der Waals surface area contributed by atoms with Crippen LogP contribution in [0.2, 0.25) is 0 Å². The number of fused-ring (bicyclic) bond motifs is 1. The van der Waals surface area contributed by atoms with Gasteiger partial charge in [0.15, 0.2) is 5.50 Å². The van der Waals surface area contributed by atoms with Gasteiger partial charge in [-0.25, -0.2) is 0 Å². The maximum absolute atomic E-state index is 4.63. The Morgan fingerprint density at radius 3 is 2.74 bits per heavy atom. The average Bonchev–Trinajstić information content (AvgIpc) is 3.23. The molecular weight excluding hydrogens is 402 g/mol. The van der Waals surface area contributed by atoms with Crippen molar-refractivity contribution in [1.82, 2.24) is 14.8 Å². The minimum Gasteiger partial charge on any atom is -0.355 e. The van der Waals surface area contributed by atoms with Gasteiger partial charge in [0.1, 0.15) is 0 Å². The summed E-state index contributed by atoms with van der Waals surface area (Å²) >= 11 is 1.74. The van der Waals surface area contributed by atoms with Crippen LogP contribution < -0.4 is 5.32 Å². The fourth-order valence-electron chi connectivity index (χ4n) is 3.93. The standard InChI is InChI=1S/C25H27N5S/c1-29-11-13-30(14-12-29)18-19-4-7-22(8-5-19)28-25-27-17-23(31-25)16-20-6-9-24-21(15-20)3-2-10-26-24/h2-10,15-17,25,28H,11-14,18H2,1H3. The molecule has 0 saturated carbocycles. The Morgan fingerprint density at radius 2 is 1.90 bits per heavy atom. The number of rotatable bonds is 5. The fraction of sp³-hybridized carbons (Fsp3) is 0.280. The number of thioether (sulfide) groups is 1. The van der Waals surface area contributed by atoms with Gasteiger partial charge in [-0.1, -0.05) is 36.0 Å². The lowest BCUT2D eigenvalue weighted by Crippen LogP contribution is -2.43. The van der Waals surface area contributed by atoms with Crippen molar-refractivity contribution in [2.24, 2.45) is 4.99 Å². The van der Waals surface area contributed by atoms with E-state index in [1.807, 2.05) is 18.5 Å². The maximum atomic E-state index is 4.63. The highest BCUT2D eigenvalue weighted by Crippen LogP contribution is 2.30. The zero-order valence-corrected chi connectivity index (χ0v) is 18.6. The quantitative estimate of drug-likeness (QED) is 0.645. The van der Waals surface area contributed by atoms with Crippen LogP contribution in [0.15, 0.2) is 70.7 Å². The summed E-state index contributed by atoms with van der Waals surface area (Å²) in [5.41, 5.74) is 4.67. The van der Waals surface area contributed by atoms with Crippen LogP contribution in [0.25, 0.3) is 17.0 Å². The molecule has 0 amide bonds. The number of nitrogens with one attached hydrogen (secondary N) is 1. The predicted octanol–water partition coefficient (Wildman–Crippen LogP) is 4.54. The van der Waals surface area contributed by atoms with Gasteiger partial charge in [0.05, 0.1) is 5.52 Å². The Hall–Kier alpha value is -2.67. The van der Waals surface area contributed by atoms with Gasteiger partial charge in [-0.3, -0.25) is 14.9 Å². The molecule has 1 fully saturated rings. The molecule has 1 atom stereocenters. The van der Waals surface area contributed by atoms with E-state index >= 15 is 0 Å². The molecule has 2 aliphatic heterocycles. The van der Waals surface area contributed by atoms with Crippen LogP contribution in [-0.2, 0) is 6.54 Å². The van der Waals surface area contributed by atoms with Crippen molar-refractivity contribution in [3.05, 3.63) is 76.8 Å². The molecule has 0 radical (unpaired) electrons. The van der Waals surface area contributed by atoms with Crippen molar-refractivity contribution in [3.8, 4) is 0 Å². The molecule has 158 valence electrons. The van der Waals surface area contributed by atoms with E-state index in [2.05, 4.69) is 86.7 Å². The molecule has 1 unspecified atom stereocenters. The van der Waals surface area contributed by atoms with Crippen molar-refractivity contribution in [3.63, 3.8) is 0 Å². The third-order valence-electron chi connectivity index (χ3n) is 5.77. The summed E-state index contributed by atoms with van der Waals surface area (Å²) in [6.07, 6.45) is 5.97. The largest absolute Gasteiger partial charge is 0.355 e. The number of hydrogen-bond acceptors (Lipinski definition) is 6. The first-order chi connectivity index (χ1) is 15.2. The van der Waals surface area contributed by atoms with E-state index in [1.54, 1.807) is 11.8 Å². The molecule has 1 aromatic heterocycles. The molecule has 3 aromatic rings. The third kappa shape index (κ3) is 5.15. The number of piperazine rings is 1. The van der Waals surface area contributed by atoms with Gasteiger partial charge in [0.25, 0.3) is 0 Å². The van der Waals surface area contributed by atoms with Crippen molar-refractivity contribution in [2.75, 3.05) is 38.5 Å². The van der Waals surface area contributed by atoms with Gasteiger partial charge < -0.3 is 10.2 Å². The van der Waals surface area contributed by atoms with Gasteiger partial charge in [0.2, 0.25) is 0 Å². The number of allylic oxidation sites excluding steroid dienone is 1. The third-order valence-corrected chi connectivity index (χ3v) is 6.73. The van der Waals surface area contributed by atoms with Gasteiger partial charge >= 0.3 is 0 Å². The normalized spacial score (nSPS) is 21.2. The molecule has 0 aliphatic carbocycles. The van der Waals surface area contributed by atoms with Gasteiger partial charge in [-0.05, 0) is 54.6 Å². The van der Waals surface area contributed by atoms with E-state index in [4.69, 9.17) is 0 Å². The highest BCUT2D eigenvalue weighted by atomic mass is 32.2. The molecule has 1 saturated heterocycles. The van der Waals surface area contributed by atoms with Crippen molar-refractivity contribution in [2.45, 2.75) is 12.0 Å². The molecule has 2 aliphatic rings. The van der Waals surface area contributed by atoms with Crippen LogP contribution in [0.3, 0.4) is 0 Å². The second kappa shape index (κ2) is 9.22. The Kier molecular flexibility index (Phi) is 6.02. The van der Waals surface area contributed by atoms with E-state index in [0.29, 0.717) is 0 Å². The predicted molar refractivity (Wildman–Crippen MR) is 132 cm³/mol. The highest BCUT2D eigenvalue weighted by molar-refractivity contribution is 8.05. The highest BCUT2D eigenvalue weighted by Gasteiger charge is 2.16. The number of pyridine rings is 1. The molecule has 6 heteroatoms. The summed E-state index contributed by atoms with van der Waals surface area (Å²) in [7, 11) is 2.20. The molecule has 1 N–H and O–H groups in total. The summed E-state index contributed by atoms with van der Waals surface area (Å²) in [4.78, 5) is 15.1. The van der Waals surface area contributed by atoms with E-state index in [0.717, 1.165) is 54.2 Å². The second-order valence-corrected chi connectivity index (χ2v) is 9.32. The Morgan fingerprint density at radius 1 is 1.06 bits per heavy atom. The summed E-state index contributed by atoms with van der Waals surface area (Å²) in [6, 6.07) is 19.2. The molecule has 5 rings (SSSR count). The minimum atomic E-state index is 0.0110. The van der Waals surface area contributed by atoms with Crippen LogP contribution in [0.5, 0.6) is 0 Å². The van der Waals surface area contributed by atoms with Gasteiger partial charge in [0, 0.05) is 61.1 Å². The lowest BCUT2D eigenvalue weighted by atomic mass is 10.1. The maximum Gasteiger partial charge on any atom is 0.171 e. The summed E-state index contributed by atoms with van der Waals surface area (Å²) < 4.78 is 0. The van der Waals surface area contributed by atoms with E-state index in [9.17, 15) is 0 Å². The molecule has 0 spiro atoms. The van der Waals surface area contributed by atoms with Gasteiger partial charge in [-0.15, -0.1) is 0 Å². The number of hydrogen-bond donors (Lipinski definition) is 1. The SMILES string of the molecule is CN1CCN(Cc2ccc(NC3N=CC(=Cc4ccc5ncccc5c4)S3)cc2)CC1. The fourth-order valence-corrected chi connectivity index (χ4v) is 4.83. The van der Waals surface area contributed by atoms with Crippen molar-refractivity contribution >= 4 is 40.6 Å². The van der Waals surface area contributed by atoms with Crippen LogP contribution in [0.1, 0.15) is 11.1 Å². The molecule has 31 heavy (non-hydrogen) atoms. The number of nitrogens with zero attached hydrogens (tertiary/aromatic N) is 4. The van der Waals surface area contributed by atoms with Crippen LogP contribution in [0.4, 0.5) is 5.69 Å². The molecule has 0 bridgehead atoms. The molecule has 2 aromatic carbocycles. The lowest BCUT2D eigenvalue weighted by molar-refractivity contribution is 0.148. The van der Waals surface area contributed by atoms with Crippen molar-refractivity contribution < 1.29 is 0 Å². The molecular formula is C25H27N5S. The zero-order chi connectivity index (χ0) is 21.0. The monoisotopic (exact) mass is 429 g/mol. The molecule has 3 heterocycles. The number of aliphatic imine (C=N–C) groups is 1. The van der Waals surface area contributed by atoms with Crippen molar-refractivity contribution in [1.29, 1.82) is 0 Å². The topological polar surface area (TPSA) is 43.8 Å². The molecule has 5 nitrogen and oxygen atoms in total. The van der Waals surface area contributed by atoms with E-state index in [-0.39, 0.29) is 5.50 Å². The van der Waals surface area contributed by atoms with Crippen LogP contribution >= 0.6 is 11.8 Å². The number of likely N-dealkylation sites (N-methyl/N-ethyl adjacent to an activating group) is 1. The zero-order valence-electron chi connectivity index (χ0n) is 17.7. The number of aromatic nitrogens is 1. The lowest BCUT2D eigenvalue weighted by Gasteiger charge is -2.32. The first-order valence-corrected chi connectivity index (χ1v) is 11.6. The summed E-state index contributed by atoms with van der Waals surface area (Å²) in [5, 5.41) is 4.67. The second-order valence-electron chi connectivity index (χ2n) is 8.17. The first kappa shape index (κ1) is 20.2.